The minimum Gasteiger partial charge on any atom is -0.507 e. The van der Waals surface area contributed by atoms with E-state index in [1.54, 1.807) is 43.3 Å². The van der Waals surface area contributed by atoms with Gasteiger partial charge in [0.15, 0.2) is 11.4 Å². The van der Waals surface area contributed by atoms with Gasteiger partial charge in [0.2, 0.25) is 0 Å². The lowest BCUT2D eigenvalue weighted by atomic mass is 9.74. The van der Waals surface area contributed by atoms with Crippen molar-refractivity contribution < 1.29 is 39.2 Å². The van der Waals surface area contributed by atoms with E-state index >= 15 is 0 Å². The quantitative estimate of drug-likeness (QED) is 0.243. The Labute approximate surface area is 213 Å². The van der Waals surface area contributed by atoms with E-state index in [9.17, 15) is 29.7 Å². The van der Waals surface area contributed by atoms with Gasteiger partial charge in [0.1, 0.15) is 35.2 Å². The summed E-state index contributed by atoms with van der Waals surface area (Å²) in [6, 6.07) is 8.61. The minimum absolute atomic E-state index is 0.0905. The Morgan fingerprint density at radius 2 is 1.89 bits per heavy atom. The molecule has 2 fully saturated rings. The second-order valence-electron chi connectivity index (χ2n) is 9.87. The first-order valence-electron chi connectivity index (χ1n) is 11.8. The van der Waals surface area contributed by atoms with Crippen molar-refractivity contribution in [2.24, 2.45) is 5.73 Å². The number of ether oxygens (including phenoxy) is 2. The van der Waals surface area contributed by atoms with E-state index in [1.807, 2.05) is 0 Å². The normalized spacial score (nSPS) is 32.6. The van der Waals surface area contributed by atoms with E-state index in [0.29, 0.717) is 16.8 Å². The number of Topliss-reactive ketones (excluding diaryl/α,β-unsaturated/α-hetero) is 1. The predicted octanol–water partition coefficient (Wildman–Crippen LogP) is 1.23. The first-order chi connectivity index (χ1) is 17.3. The molecule has 1 heterocycles. The van der Waals surface area contributed by atoms with Gasteiger partial charge in [0.05, 0.1) is 12.1 Å². The maximum Gasteiger partial charge on any atom is 0.408 e. The molecular formula is C26H31N3O8. The second-order valence-corrected chi connectivity index (χ2v) is 9.87. The fourth-order valence-electron chi connectivity index (χ4n) is 5.58. The Balaban J connectivity index is 1.75. The number of hydrogen-bond acceptors (Lipinski definition) is 10. The van der Waals surface area contributed by atoms with Crippen molar-refractivity contribution in [1.82, 2.24) is 5.32 Å². The van der Waals surface area contributed by atoms with E-state index in [4.69, 9.17) is 15.2 Å². The van der Waals surface area contributed by atoms with E-state index < -0.39 is 53.6 Å². The van der Waals surface area contributed by atoms with Crippen LogP contribution in [0.5, 0.6) is 5.75 Å². The topological polar surface area (TPSA) is 180 Å². The average Bonchev–Trinajstić information content (AvgIpc) is 3.20. The number of ketones is 1. The number of phenolic OH excluding ortho intramolecular Hbond substituents is 1. The van der Waals surface area contributed by atoms with Crippen LogP contribution in [0.25, 0.3) is 0 Å². The van der Waals surface area contributed by atoms with Gasteiger partial charge in [-0.25, -0.2) is 9.59 Å². The SMILES string of the molecule is CC(=O)c1cccc(N[C@H]2[C@H](N)[C@]3(NC(=O)O[C@@H]3C)[C@](C)(O)[C@]2(O)COC(=O)c2c(C)cccc2O)c1. The number of rotatable bonds is 6. The largest absolute Gasteiger partial charge is 0.507 e. The third-order valence-electron chi connectivity index (χ3n) is 7.75. The number of aryl methyl sites for hydroxylation is 1. The molecule has 0 unspecified atom stereocenters. The molecule has 0 aromatic heterocycles. The lowest BCUT2D eigenvalue weighted by Crippen LogP contribution is -2.72. The molecular weight excluding hydrogens is 482 g/mol. The molecule has 11 nitrogen and oxygen atoms in total. The van der Waals surface area contributed by atoms with Crippen LogP contribution in [0.3, 0.4) is 0 Å². The number of hydrogen-bond donors (Lipinski definition) is 6. The summed E-state index contributed by atoms with van der Waals surface area (Å²) in [6.45, 7) is 5.08. The number of cyclic esters (lactones) is 1. The van der Waals surface area contributed by atoms with Gasteiger partial charge in [0, 0.05) is 11.3 Å². The minimum atomic E-state index is -2.28. The monoisotopic (exact) mass is 513 g/mol. The molecule has 2 aromatic rings. The molecule has 6 atom stereocenters. The lowest BCUT2D eigenvalue weighted by molar-refractivity contribution is -0.177. The van der Waals surface area contributed by atoms with Crippen LogP contribution in [0.2, 0.25) is 0 Å². The van der Waals surface area contributed by atoms with Gasteiger partial charge in [0.25, 0.3) is 0 Å². The summed E-state index contributed by atoms with van der Waals surface area (Å²) in [4.78, 5) is 37.0. The fraction of sp³-hybridized carbons (Fsp3) is 0.423. The van der Waals surface area contributed by atoms with Gasteiger partial charge in [-0.15, -0.1) is 0 Å². The molecule has 2 aliphatic rings. The zero-order valence-corrected chi connectivity index (χ0v) is 20.9. The van der Waals surface area contributed by atoms with Crippen molar-refractivity contribution in [2.45, 2.75) is 62.6 Å². The zero-order valence-electron chi connectivity index (χ0n) is 20.9. The molecule has 1 amide bonds. The molecule has 0 bridgehead atoms. The highest BCUT2D eigenvalue weighted by atomic mass is 16.6. The Morgan fingerprint density at radius 1 is 1.22 bits per heavy atom. The Morgan fingerprint density at radius 3 is 2.49 bits per heavy atom. The predicted molar refractivity (Wildman–Crippen MR) is 132 cm³/mol. The number of esters is 1. The summed E-state index contributed by atoms with van der Waals surface area (Å²) in [7, 11) is 0. The van der Waals surface area contributed by atoms with Crippen molar-refractivity contribution in [3.05, 3.63) is 59.2 Å². The van der Waals surface area contributed by atoms with Crippen molar-refractivity contribution in [3.63, 3.8) is 0 Å². The number of nitrogens with two attached hydrogens (primary N) is 1. The fourth-order valence-corrected chi connectivity index (χ4v) is 5.58. The molecule has 0 radical (unpaired) electrons. The first kappa shape index (κ1) is 26.4. The van der Waals surface area contributed by atoms with Crippen LogP contribution in [0.1, 0.15) is 47.1 Å². The molecule has 11 heteroatoms. The number of amides is 1. The van der Waals surface area contributed by atoms with Crippen LogP contribution in [-0.4, -0.2) is 74.7 Å². The number of anilines is 1. The maximum atomic E-state index is 12.9. The lowest BCUT2D eigenvalue weighted by Gasteiger charge is -2.44. The van der Waals surface area contributed by atoms with E-state index in [2.05, 4.69) is 10.6 Å². The van der Waals surface area contributed by atoms with Gasteiger partial charge >= 0.3 is 12.1 Å². The van der Waals surface area contributed by atoms with Crippen LogP contribution in [0.4, 0.5) is 10.5 Å². The first-order valence-corrected chi connectivity index (χ1v) is 11.8. The smallest absolute Gasteiger partial charge is 0.408 e. The summed E-state index contributed by atoms with van der Waals surface area (Å²) < 4.78 is 10.7. The summed E-state index contributed by atoms with van der Waals surface area (Å²) in [5, 5.41) is 39.7. The highest BCUT2D eigenvalue weighted by molar-refractivity contribution is 5.95. The Kier molecular flexibility index (Phi) is 6.43. The number of aromatic hydroxyl groups is 1. The van der Waals surface area contributed by atoms with Crippen LogP contribution in [0, 0.1) is 6.92 Å². The third-order valence-corrected chi connectivity index (χ3v) is 7.75. The van der Waals surface area contributed by atoms with E-state index in [0.717, 1.165) is 0 Å². The van der Waals surface area contributed by atoms with Gasteiger partial charge in [-0.05, 0) is 51.5 Å². The number of carbonyl (C=O) groups excluding carboxylic acids is 3. The number of nitrogens with one attached hydrogen (secondary N) is 2. The average molecular weight is 514 g/mol. The van der Waals surface area contributed by atoms with Crippen molar-refractivity contribution in [3.8, 4) is 5.75 Å². The highest BCUT2D eigenvalue weighted by Gasteiger charge is 2.78. The Bertz CT molecular complexity index is 1240. The molecule has 2 aromatic carbocycles. The van der Waals surface area contributed by atoms with Crippen LogP contribution >= 0.6 is 0 Å². The van der Waals surface area contributed by atoms with Crippen LogP contribution in [-0.2, 0) is 9.47 Å². The summed E-state index contributed by atoms with van der Waals surface area (Å²) in [6.07, 6.45) is -1.80. The van der Waals surface area contributed by atoms with Gasteiger partial charge in [-0.3, -0.25) is 4.79 Å². The van der Waals surface area contributed by atoms with Gasteiger partial charge < -0.3 is 41.2 Å². The molecule has 37 heavy (non-hydrogen) atoms. The molecule has 1 spiro atoms. The number of alkyl carbamates (subject to hydrolysis) is 1. The Hall–Kier alpha value is -3.67. The number of phenols is 1. The van der Waals surface area contributed by atoms with Crippen molar-refractivity contribution in [1.29, 1.82) is 0 Å². The highest BCUT2D eigenvalue weighted by Crippen LogP contribution is 2.51. The van der Waals surface area contributed by atoms with E-state index in [-0.39, 0.29) is 17.1 Å². The maximum absolute atomic E-state index is 12.9. The van der Waals surface area contributed by atoms with Gasteiger partial charge in [-0.1, -0.05) is 24.3 Å². The third kappa shape index (κ3) is 3.90. The van der Waals surface area contributed by atoms with Crippen LogP contribution < -0.4 is 16.4 Å². The molecule has 1 saturated heterocycles. The zero-order chi connectivity index (χ0) is 27.3. The van der Waals surface area contributed by atoms with Gasteiger partial charge in [-0.2, -0.15) is 0 Å². The second kappa shape index (κ2) is 9.02. The molecule has 7 N–H and O–H groups in total. The molecule has 1 saturated carbocycles. The summed E-state index contributed by atoms with van der Waals surface area (Å²) in [5.74, 6) is -1.41. The molecule has 198 valence electrons. The van der Waals surface area contributed by atoms with E-state index in [1.165, 1.54) is 26.8 Å². The number of carbonyl (C=O) groups is 3. The molecule has 1 aliphatic carbocycles. The number of aliphatic hydroxyl groups is 2. The molecule has 4 rings (SSSR count). The summed E-state index contributed by atoms with van der Waals surface area (Å²) >= 11 is 0. The standard InChI is InChI=1S/C26H31N3O8/c1-13-7-5-10-18(31)19(13)22(32)36-12-25(35)21(28-17-9-6-8-16(11-17)14(2)30)20(27)26(24(25,4)34)15(3)37-23(33)29-26/h5-11,15,20-21,28,31,34-35H,12,27H2,1-4H3,(H,29,33)/t15-,20+,21+,24-,25+,26+/m1/s1. The van der Waals surface area contributed by atoms with Crippen molar-refractivity contribution >= 4 is 23.5 Å². The van der Waals surface area contributed by atoms with Crippen molar-refractivity contribution in [2.75, 3.05) is 11.9 Å². The van der Waals surface area contributed by atoms with Crippen LogP contribution in [0.15, 0.2) is 42.5 Å². The molecule has 1 aliphatic heterocycles. The number of benzene rings is 2. The summed E-state index contributed by atoms with van der Waals surface area (Å²) in [5.41, 5.74) is 1.63.